The van der Waals surface area contributed by atoms with Gasteiger partial charge in [-0.3, -0.25) is 0 Å². The van der Waals surface area contributed by atoms with E-state index in [4.69, 9.17) is 4.98 Å². The highest BCUT2D eigenvalue weighted by atomic mass is 32.2. The molecule has 10 heteroatoms. The van der Waals surface area contributed by atoms with E-state index in [0.29, 0.717) is 32.1 Å². The quantitative estimate of drug-likeness (QED) is 0.728. The summed E-state index contributed by atoms with van der Waals surface area (Å²) < 4.78 is 29.2. The molecule has 0 unspecified atom stereocenters. The van der Waals surface area contributed by atoms with E-state index in [1.54, 1.807) is 12.5 Å². The lowest BCUT2D eigenvalue weighted by Gasteiger charge is -2.34. The van der Waals surface area contributed by atoms with Crippen molar-refractivity contribution in [1.29, 1.82) is 0 Å². The number of nitrogens with zero attached hydrogens (tertiary/aromatic N) is 7. The third kappa shape index (κ3) is 4.09. The van der Waals surface area contributed by atoms with Crippen LogP contribution in [0.25, 0.3) is 0 Å². The lowest BCUT2D eigenvalue weighted by atomic mass is 10.3. The summed E-state index contributed by atoms with van der Waals surface area (Å²) >= 11 is 0. The van der Waals surface area contributed by atoms with Gasteiger partial charge >= 0.3 is 0 Å². The monoisotopic (exact) mass is 419 g/mol. The second-order valence-corrected chi connectivity index (χ2v) is 9.89. The van der Waals surface area contributed by atoms with E-state index in [1.165, 1.54) is 17.1 Å². The van der Waals surface area contributed by atoms with Crippen LogP contribution < -0.4 is 9.80 Å². The molecule has 29 heavy (non-hydrogen) atoms. The van der Waals surface area contributed by atoms with E-state index in [9.17, 15) is 8.42 Å². The highest BCUT2D eigenvalue weighted by molar-refractivity contribution is 7.89. The molecular weight excluding hydrogens is 390 g/mol. The smallest absolute Gasteiger partial charge is 0.262 e. The molecule has 4 heterocycles. The van der Waals surface area contributed by atoms with Crippen LogP contribution in [0, 0.1) is 6.92 Å². The fourth-order valence-electron chi connectivity index (χ4n) is 3.78. The number of imidazole rings is 1. The van der Waals surface area contributed by atoms with E-state index in [2.05, 4.69) is 19.8 Å². The van der Waals surface area contributed by atoms with Crippen molar-refractivity contribution in [3.05, 3.63) is 24.3 Å². The molecule has 0 spiro atoms. The fourth-order valence-corrected chi connectivity index (χ4v) is 5.12. The molecule has 0 atom stereocenters. The van der Waals surface area contributed by atoms with Gasteiger partial charge in [0, 0.05) is 63.3 Å². The largest absolute Gasteiger partial charge is 0.356 e. The average molecular weight is 420 g/mol. The van der Waals surface area contributed by atoms with Crippen LogP contribution in [0.1, 0.15) is 38.4 Å². The Bertz CT molecular complexity index is 959. The molecule has 0 amide bonds. The lowest BCUT2D eigenvalue weighted by molar-refractivity contribution is 0.381. The molecular formula is C19H29N7O2S. The van der Waals surface area contributed by atoms with Gasteiger partial charge in [-0.15, -0.1) is 0 Å². The number of sulfonamides is 1. The maximum atomic E-state index is 12.9. The Kier molecular flexibility index (Phi) is 5.48. The van der Waals surface area contributed by atoms with Gasteiger partial charge in [-0.1, -0.05) is 0 Å². The summed E-state index contributed by atoms with van der Waals surface area (Å²) in [6, 6.07) is 2.20. The first-order valence-corrected chi connectivity index (χ1v) is 11.7. The van der Waals surface area contributed by atoms with Crippen molar-refractivity contribution in [3.8, 4) is 0 Å². The molecule has 158 valence electrons. The molecule has 2 saturated heterocycles. The van der Waals surface area contributed by atoms with E-state index in [0.717, 1.165) is 24.6 Å². The van der Waals surface area contributed by atoms with Crippen molar-refractivity contribution < 1.29 is 8.42 Å². The predicted octanol–water partition coefficient (Wildman–Crippen LogP) is 1.67. The van der Waals surface area contributed by atoms with Gasteiger partial charge in [0.2, 0.25) is 5.95 Å². The molecule has 2 aromatic rings. The molecule has 0 N–H and O–H groups in total. The Morgan fingerprint density at radius 2 is 1.66 bits per heavy atom. The van der Waals surface area contributed by atoms with Gasteiger partial charge in [-0.2, -0.15) is 9.29 Å². The van der Waals surface area contributed by atoms with Gasteiger partial charge in [-0.25, -0.2) is 18.4 Å². The van der Waals surface area contributed by atoms with Crippen LogP contribution in [0.15, 0.2) is 23.6 Å². The second-order valence-electron chi connectivity index (χ2n) is 8.01. The van der Waals surface area contributed by atoms with Crippen LogP contribution in [0.4, 0.5) is 11.8 Å². The van der Waals surface area contributed by atoms with E-state index >= 15 is 0 Å². The number of aryl methyl sites for hydroxylation is 1. The van der Waals surface area contributed by atoms with Crippen LogP contribution in [-0.2, 0) is 10.0 Å². The van der Waals surface area contributed by atoms with Gasteiger partial charge in [0.15, 0.2) is 5.03 Å². The molecule has 2 aromatic heterocycles. The highest BCUT2D eigenvalue weighted by Crippen LogP contribution is 2.23. The molecule has 0 bridgehead atoms. The molecule has 2 aliphatic rings. The van der Waals surface area contributed by atoms with Crippen molar-refractivity contribution in [2.75, 3.05) is 49.1 Å². The minimum absolute atomic E-state index is 0.114. The van der Waals surface area contributed by atoms with Crippen molar-refractivity contribution in [2.45, 2.75) is 44.7 Å². The summed E-state index contributed by atoms with van der Waals surface area (Å²) in [5, 5.41) is 0.114. The first-order valence-electron chi connectivity index (χ1n) is 10.2. The number of rotatable bonds is 5. The number of aromatic nitrogens is 4. The zero-order valence-corrected chi connectivity index (χ0v) is 18.1. The zero-order chi connectivity index (χ0) is 20.6. The second kappa shape index (κ2) is 7.91. The van der Waals surface area contributed by atoms with Crippen LogP contribution >= 0.6 is 0 Å². The number of hydrogen-bond donors (Lipinski definition) is 0. The molecule has 0 radical (unpaired) electrons. The number of piperazine rings is 1. The molecule has 2 aliphatic heterocycles. The summed E-state index contributed by atoms with van der Waals surface area (Å²) in [6.45, 7) is 9.96. The van der Waals surface area contributed by atoms with Crippen LogP contribution in [-0.4, -0.2) is 71.5 Å². The summed E-state index contributed by atoms with van der Waals surface area (Å²) in [5.41, 5.74) is 0.936. The molecule has 0 aromatic carbocycles. The number of hydrogen-bond acceptors (Lipinski definition) is 7. The van der Waals surface area contributed by atoms with Gasteiger partial charge < -0.3 is 14.4 Å². The molecule has 4 rings (SSSR count). The lowest BCUT2D eigenvalue weighted by Crippen LogP contribution is -2.49. The molecule has 2 fully saturated rings. The van der Waals surface area contributed by atoms with Gasteiger partial charge in [-0.05, 0) is 33.6 Å². The maximum Gasteiger partial charge on any atom is 0.262 e. The van der Waals surface area contributed by atoms with Crippen molar-refractivity contribution >= 4 is 21.8 Å². The van der Waals surface area contributed by atoms with Crippen LogP contribution in [0.2, 0.25) is 0 Å². The minimum Gasteiger partial charge on any atom is -0.356 e. The number of anilines is 2. The highest BCUT2D eigenvalue weighted by Gasteiger charge is 2.31. The SMILES string of the molecule is Cc1cc(N2CCCC2)nc(N2CCN(S(=O)(=O)c3cn(C(C)C)cn3)CC2)n1. The Labute approximate surface area is 172 Å². The molecule has 9 nitrogen and oxygen atoms in total. The minimum atomic E-state index is -3.58. The van der Waals surface area contributed by atoms with Crippen molar-refractivity contribution in [3.63, 3.8) is 0 Å². The summed E-state index contributed by atoms with van der Waals surface area (Å²) in [7, 11) is -3.58. The Morgan fingerprint density at radius 1 is 0.966 bits per heavy atom. The Hall–Kier alpha value is -2.20. The first-order chi connectivity index (χ1) is 13.8. The Morgan fingerprint density at radius 3 is 2.28 bits per heavy atom. The van der Waals surface area contributed by atoms with Gasteiger partial charge in [0.1, 0.15) is 5.82 Å². The topological polar surface area (TPSA) is 87.5 Å². The maximum absolute atomic E-state index is 12.9. The summed E-state index contributed by atoms with van der Waals surface area (Å²) in [5.74, 6) is 1.66. The van der Waals surface area contributed by atoms with Gasteiger partial charge in [0.05, 0.1) is 6.33 Å². The normalized spacial score (nSPS) is 18.8. The van der Waals surface area contributed by atoms with Crippen molar-refractivity contribution in [2.24, 2.45) is 0 Å². The standard InChI is InChI=1S/C19H29N7O2S/c1-15(2)25-13-18(20-14-25)29(27,28)26-10-8-24(9-11-26)19-21-16(3)12-17(22-19)23-6-4-5-7-23/h12-15H,4-11H2,1-3H3. The van der Waals surface area contributed by atoms with E-state index in [-0.39, 0.29) is 11.1 Å². The third-order valence-corrected chi connectivity index (χ3v) is 7.34. The predicted molar refractivity (Wildman–Crippen MR) is 112 cm³/mol. The summed E-state index contributed by atoms with van der Waals surface area (Å²) in [6.07, 6.45) is 5.58. The van der Waals surface area contributed by atoms with Crippen LogP contribution in [0.5, 0.6) is 0 Å². The van der Waals surface area contributed by atoms with Gasteiger partial charge in [0.25, 0.3) is 10.0 Å². The fraction of sp³-hybridized carbons (Fsp3) is 0.632. The van der Waals surface area contributed by atoms with Crippen LogP contribution in [0.3, 0.4) is 0 Å². The van der Waals surface area contributed by atoms with Crippen molar-refractivity contribution in [1.82, 2.24) is 23.8 Å². The first kappa shape index (κ1) is 20.1. The van der Waals surface area contributed by atoms with E-state index < -0.39 is 10.0 Å². The summed E-state index contributed by atoms with van der Waals surface area (Å²) in [4.78, 5) is 17.9. The van der Waals surface area contributed by atoms with E-state index in [1.807, 2.05) is 31.4 Å². The third-order valence-electron chi connectivity index (χ3n) is 5.56. The molecule has 0 saturated carbocycles. The Balaban J connectivity index is 1.46. The zero-order valence-electron chi connectivity index (χ0n) is 17.3. The molecule has 0 aliphatic carbocycles. The average Bonchev–Trinajstić information content (AvgIpc) is 3.40.